The molecule has 1 heterocycles. The molecule has 1 amide bonds. The minimum atomic E-state index is -0.731. The molecule has 1 aliphatic rings. The number of likely N-dealkylation sites (tertiary alicyclic amines) is 1. The van der Waals surface area contributed by atoms with Gasteiger partial charge in [-0.05, 0) is 56.5 Å². The average molecular weight is 394 g/mol. The first-order valence-corrected chi connectivity index (χ1v) is 8.93. The normalized spacial score (nSPS) is 15.9. The third-order valence-corrected chi connectivity index (χ3v) is 4.48. The SMILES string of the molecule is C=N/C(=C\C=C/CC(F)=C1CCN(C)CC1)NC(=O)c1ccc(Cl)cc1F. The first-order chi connectivity index (χ1) is 12.9. The molecular weight excluding hydrogens is 372 g/mol. The Hall–Kier alpha value is -2.31. The van der Waals surface area contributed by atoms with Gasteiger partial charge in [0, 0.05) is 24.5 Å². The quantitative estimate of drug-likeness (QED) is 0.565. The lowest BCUT2D eigenvalue weighted by molar-refractivity contribution is 0.0961. The molecule has 0 aromatic heterocycles. The molecule has 1 aromatic carbocycles. The molecule has 0 bridgehead atoms. The minimum absolute atomic E-state index is 0.117. The van der Waals surface area contributed by atoms with Crippen LogP contribution in [0.2, 0.25) is 5.02 Å². The van der Waals surface area contributed by atoms with E-state index in [0.29, 0.717) is 0 Å². The zero-order valence-corrected chi connectivity index (χ0v) is 15.9. The molecule has 1 fully saturated rings. The van der Waals surface area contributed by atoms with Crippen LogP contribution in [0.1, 0.15) is 29.6 Å². The maximum absolute atomic E-state index is 14.2. The lowest BCUT2D eigenvalue weighted by Crippen LogP contribution is -2.26. The number of hydrogen-bond acceptors (Lipinski definition) is 3. The molecule has 144 valence electrons. The van der Waals surface area contributed by atoms with Gasteiger partial charge in [-0.15, -0.1) is 0 Å². The van der Waals surface area contributed by atoms with Gasteiger partial charge >= 0.3 is 0 Å². The highest BCUT2D eigenvalue weighted by Gasteiger charge is 2.14. The fourth-order valence-corrected chi connectivity index (χ4v) is 2.78. The van der Waals surface area contributed by atoms with Crippen LogP contribution in [0.15, 0.2) is 58.6 Å². The molecule has 1 aromatic rings. The van der Waals surface area contributed by atoms with E-state index < -0.39 is 11.7 Å². The molecular formula is C20H22ClF2N3O. The molecule has 0 saturated carbocycles. The average Bonchev–Trinajstić information content (AvgIpc) is 2.64. The second-order valence-electron chi connectivity index (χ2n) is 6.23. The molecule has 0 spiro atoms. The van der Waals surface area contributed by atoms with Crippen molar-refractivity contribution in [1.29, 1.82) is 0 Å². The van der Waals surface area contributed by atoms with Gasteiger partial charge in [0.15, 0.2) is 0 Å². The summed E-state index contributed by atoms with van der Waals surface area (Å²) in [7, 11) is 2.02. The Morgan fingerprint density at radius 3 is 2.74 bits per heavy atom. The molecule has 1 saturated heterocycles. The summed E-state index contributed by atoms with van der Waals surface area (Å²) in [4.78, 5) is 18.0. The van der Waals surface area contributed by atoms with E-state index in [0.717, 1.165) is 37.6 Å². The molecule has 0 atom stereocenters. The van der Waals surface area contributed by atoms with E-state index in [-0.39, 0.29) is 28.7 Å². The van der Waals surface area contributed by atoms with Gasteiger partial charge in [0.25, 0.3) is 5.91 Å². The standard InChI is InChI=1S/C20H22ClF2N3O/c1-24-19(25-20(27)16-8-7-15(21)13-18(16)23)6-4-3-5-17(22)14-9-11-26(2)12-10-14/h3-4,6-8,13H,1,5,9-12H2,2H3,(H,25,27)/b4-3-,19-6+. The molecule has 27 heavy (non-hydrogen) atoms. The highest BCUT2D eigenvalue weighted by molar-refractivity contribution is 6.30. The number of carbonyl (C=O) groups is 1. The van der Waals surface area contributed by atoms with E-state index in [1.165, 1.54) is 18.2 Å². The number of amides is 1. The number of hydrogen-bond donors (Lipinski definition) is 1. The van der Waals surface area contributed by atoms with Crippen molar-refractivity contribution in [3.05, 3.63) is 70.1 Å². The maximum atomic E-state index is 14.2. The van der Waals surface area contributed by atoms with Gasteiger partial charge in [-0.25, -0.2) is 13.8 Å². The number of nitrogens with one attached hydrogen (secondary N) is 1. The number of benzene rings is 1. The maximum Gasteiger partial charge on any atom is 0.259 e. The van der Waals surface area contributed by atoms with Crippen molar-refractivity contribution >= 4 is 24.2 Å². The summed E-state index contributed by atoms with van der Waals surface area (Å²) in [5.41, 5.74) is 0.700. The van der Waals surface area contributed by atoms with Crippen LogP contribution in [-0.4, -0.2) is 37.7 Å². The third-order valence-electron chi connectivity index (χ3n) is 4.25. The molecule has 0 aliphatic carbocycles. The van der Waals surface area contributed by atoms with Crippen LogP contribution in [0.3, 0.4) is 0 Å². The summed E-state index contributed by atoms with van der Waals surface area (Å²) in [6, 6.07) is 3.76. The Kier molecular flexibility index (Phi) is 7.88. The van der Waals surface area contributed by atoms with Crippen molar-refractivity contribution in [3.8, 4) is 0 Å². The van der Waals surface area contributed by atoms with Gasteiger partial charge in [0.05, 0.1) is 5.56 Å². The minimum Gasteiger partial charge on any atom is -0.306 e. The lowest BCUT2D eigenvalue weighted by atomic mass is 10.0. The van der Waals surface area contributed by atoms with Crippen molar-refractivity contribution in [2.45, 2.75) is 19.3 Å². The largest absolute Gasteiger partial charge is 0.306 e. The van der Waals surface area contributed by atoms with Crippen molar-refractivity contribution < 1.29 is 13.6 Å². The van der Waals surface area contributed by atoms with Crippen LogP contribution >= 0.6 is 11.6 Å². The lowest BCUT2D eigenvalue weighted by Gasteiger charge is -2.24. The second-order valence-corrected chi connectivity index (χ2v) is 6.67. The Bertz CT molecular complexity index is 792. The highest BCUT2D eigenvalue weighted by atomic mass is 35.5. The molecule has 2 rings (SSSR count). The van der Waals surface area contributed by atoms with Crippen LogP contribution in [0.4, 0.5) is 8.78 Å². The molecule has 1 N–H and O–H groups in total. The molecule has 1 aliphatic heterocycles. The Morgan fingerprint density at radius 2 is 2.11 bits per heavy atom. The summed E-state index contributed by atoms with van der Waals surface area (Å²) in [5.74, 6) is -1.38. The first kappa shape index (κ1) is 21.0. The summed E-state index contributed by atoms with van der Waals surface area (Å²) in [6.45, 7) is 5.10. The Balaban J connectivity index is 1.95. The van der Waals surface area contributed by atoms with E-state index in [1.807, 2.05) is 7.05 Å². The van der Waals surface area contributed by atoms with Gasteiger partial charge in [0.1, 0.15) is 17.5 Å². The van der Waals surface area contributed by atoms with Crippen molar-refractivity contribution in [2.75, 3.05) is 20.1 Å². The van der Waals surface area contributed by atoms with Crippen LogP contribution < -0.4 is 5.32 Å². The van der Waals surface area contributed by atoms with Crippen molar-refractivity contribution in [1.82, 2.24) is 10.2 Å². The molecule has 7 heteroatoms. The summed E-state index contributed by atoms with van der Waals surface area (Å²) in [6.07, 6.45) is 6.37. The predicted octanol–water partition coefficient (Wildman–Crippen LogP) is 4.65. The highest BCUT2D eigenvalue weighted by Crippen LogP contribution is 2.22. The number of allylic oxidation sites excluding steroid dienone is 4. The number of aliphatic imine (C=N–C) groups is 1. The fourth-order valence-electron chi connectivity index (χ4n) is 2.63. The van der Waals surface area contributed by atoms with Gasteiger partial charge in [-0.1, -0.05) is 23.8 Å². The van der Waals surface area contributed by atoms with Crippen LogP contribution in [0.25, 0.3) is 0 Å². The fraction of sp³-hybridized carbons (Fsp3) is 0.300. The van der Waals surface area contributed by atoms with E-state index in [4.69, 9.17) is 11.6 Å². The summed E-state index contributed by atoms with van der Waals surface area (Å²) < 4.78 is 27.9. The van der Waals surface area contributed by atoms with Gasteiger partial charge < -0.3 is 10.2 Å². The topological polar surface area (TPSA) is 44.7 Å². The van der Waals surface area contributed by atoms with E-state index in [1.54, 1.807) is 12.2 Å². The first-order valence-electron chi connectivity index (χ1n) is 8.55. The van der Waals surface area contributed by atoms with Crippen molar-refractivity contribution in [2.24, 2.45) is 4.99 Å². The van der Waals surface area contributed by atoms with Crippen LogP contribution in [0.5, 0.6) is 0 Å². The van der Waals surface area contributed by atoms with Gasteiger partial charge in [-0.3, -0.25) is 4.79 Å². The van der Waals surface area contributed by atoms with Gasteiger partial charge in [-0.2, -0.15) is 0 Å². The van der Waals surface area contributed by atoms with Crippen molar-refractivity contribution in [3.63, 3.8) is 0 Å². The Labute approximate surface area is 162 Å². The van der Waals surface area contributed by atoms with E-state index >= 15 is 0 Å². The van der Waals surface area contributed by atoms with Gasteiger partial charge in [0.2, 0.25) is 0 Å². The number of halogens is 3. The van der Waals surface area contributed by atoms with E-state index in [2.05, 4.69) is 21.9 Å². The smallest absolute Gasteiger partial charge is 0.259 e. The zero-order chi connectivity index (χ0) is 19.8. The van der Waals surface area contributed by atoms with E-state index in [9.17, 15) is 13.6 Å². The molecule has 4 nitrogen and oxygen atoms in total. The number of rotatable bonds is 6. The number of piperidine rings is 1. The monoisotopic (exact) mass is 393 g/mol. The Morgan fingerprint density at radius 1 is 1.41 bits per heavy atom. The predicted molar refractivity (Wildman–Crippen MR) is 105 cm³/mol. The number of nitrogens with zero attached hydrogens (tertiary/aromatic N) is 2. The number of carbonyl (C=O) groups excluding carboxylic acids is 1. The van der Waals surface area contributed by atoms with Crippen LogP contribution in [-0.2, 0) is 0 Å². The second kappa shape index (κ2) is 10.1. The molecule has 0 radical (unpaired) electrons. The zero-order valence-electron chi connectivity index (χ0n) is 15.1. The van der Waals surface area contributed by atoms with Crippen LogP contribution in [0, 0.1) is 5.82 Å². The third kappa shape index (κ3) is 6.41. The molecule has 0 unspecified atom stereocenters. The summed E-state index contributed by atoms with van der Waals surface area (Å²) in [5, 5.41) is 2.65. The summed E-state index contributed by atoms with van der Waals surface area (Å²) >= 11 is 5.67.